The lowest BCUT2D eigenvalue weighted by Gasteiger charge is -2.34. The molecule has 0 bridgehead atoms. The minimum absolute atomic E-state index is 0.135. The van der Waals surface area contributed by atoms with Crippen LogP contribution in [0.1, 0.15) is 74.7 Å². The van der Waals surface area contributed by atoms with Crippen LogP contribution < -0.4 is 5.32 Å². The number of ether oxygens (including phenoxy) is 1. The molecular formula is C28H37N3O6. The number of rotatable bonds is 6. The van der Waals surface area contributed by atoms with Crippen molar-refractivity contribution >= 4 is 23.9 Å². The number of piperidine rings is 2. The van der Waals surface area contributed by atoms with Crippen molar-refractivity contribution in [3.63, 3.8) is 0 Å². The molecule has 2 atom stereocenters. The molecule has 2 aliphatic heterocycles. The van der Waals surface area contributed by atoms with Crippen molar-refractivity contribution in [2.45, 2.75) is 70.4 Å². The van der Waals surface area contributed by atoms with E-state index >= 15 is 0 Å². The molecule has 0 spiro atoms. The molecule has 0 aromatic heterocycles. The molecule has 2 N–H and O–H groups in total. The maximum Gasteiger partial charge on any atom is 0.410 e. The second-order valence-electron chi connectivity index (χ2n) is 10.8. The van der Waals surface area contributed by atoms with Crippen LogP contribution in [-0.4, -0.2) is 76.6 Å². The maximum atomic E-state index is 13.3. The molecule has 3 rings (SSSR count). The van der Waals surface area contributed by atoms with Gasteiger partial charge in [0.2, 0.25) is 5.91 Å². The lowest BCUT2D eigenvalue weighted by molar-refractivity contribution is -0.137. The molecular weight excluding hydrogens is 474 g/mol. The summed E-state index contributed by atoms with van der Waals surface area (Å²) in [5, 5.41) is 11.6. The number of aliphatic carboxylic acids is 1. The van der Waals surface area contributed by atoms with E-state index in [-0.39, 0.29) is 36.8 Å². The summed E-state index contributed by atoms with van der Waals surface area (Å²) in [6, 6.07) is 6.71. The standard InChI is InChI=1S/C28H37N3O6/c1-5-23(17-24(32)33)29-25(34)22-10-7-13-31(18-22)26(35)21-9-6-8-20(16-21)19-11-14-30(15-12-19)27(36)37-28(2,3)4/h1,6,8-9,16,19,22-23H,7,10-15,17-18H2,2-4H3,(H,29,34)(H,32,33)/t22-,23?/m1/s1. The summed E-state index contributed by atoms with van der Waals surface area (Å²) in [5.74, 6) is 0.547. The van der Waals surface area contributed by atoms with E-state index in [0.717, 1.165) is 18.4 Å². The van der Waals surface area contributed by atoms with Crippen LogP contribution in [0, 0.1) is 18.3 Å². The number of carbonyl (C=O) groups excluding carboxylic acids is 3. The summed E-state index contributed by atoms with van der Waals surface area (Å²) >= 11 is 0. The van der Waals surface area contributed by atoms with Crippen LogP contribution in [0.5, 0.6) is 0 Å². The average Bonchev–Trinajstić information content (AvgIpc) is 2.86. The maximum absolute atomic E-state index is 13.3. The lowest BCUT2D eigenvalue weighted by Crippen LogP contribution is -2.47. The van der Waals surface area contributed by atoms with Crippen LogP contribution in [-0.2, 0) is 14.3 Å². The number of nitrogens with zero attached hydrogens (tertiary/aromatic N) is 2. The molecule has 0 radical (unpaired) electrons. The topological polar surface area (TPSA) is 116 Å². The third-order valence-corrected chi connectivity index (χ3v) is 6.73. The van der Waals surface area contributed by atoms with Gasteiger partial charge in [-0.3, -0.25) is 14.4 Å². The molecule has 0 aliphatic carbocycles. The normalized spacial score (nSPS) is 19.5. The zero-order valence-corrected chi connectivity index (χ0v) is 21.9. The Kier molecular flexibility index (Phi) is 9.19. The van der Waals surface area contributed by atoms with Crippen molar-refractivity contribution in [1.29, 1.82) is 0 Å². The SMILES string of the molecule is C#CC(CC(=O)O)NC(=O)[C@@H]1CCCN(C(=O)c2cccc(C3CCN(C(=O)OC(C)(C)C)CC3)c2)C1. The Bertz CT molecular complexity index is 1050. The van der Waals surface area contributed by atoms with Crippen LogP contribution in [0.15, 0.2) is 24.3 Å². The number of amides is 3. The van der Waals surface area contributed by atoms with Crippen LogP contribution >= 0.6 is 0 Å². The number of carboxylic acid groups (broad SMARTS) is 1. The molecule has 1 aromatic carbocycles. The van der Waals surface area contributed by atoms with Gasteiger partial charge in [-0.15, -0.1) is 6.42 Å². The van der Waals surface area contributed by atoms with Gasteiger partial charge >= 0.3 is 12.1 Å². The number of terminal acetylenes is 1. The fourth-order valence-electron chi connectivity index (χ4n) is 4.82. The van der Waals surface area contributed by atoms with E-state index in [1.54, 1.807) is 15.9 Å². The molecule has 1 aromatic rings. The highest BCUT2D eigenvalue weighted by Gasteiger charge is 2.31. The first-order chi connectivity index (χ1) is 17.5. The van der Waals surface area contributed by atoms with Gasteiger partial charge in [-0.2, -0.15) is 0 Å². The molecule has 200 valence electrons. The molecule has 2 heterocycles. The summed E-state index contributed by atoms with van der Waals surface area (Å²) in [4.78, 5) is 52.7. The molecule has 37 heavy (non-hydrogen) atoms. The largest absolute Gasteiger partial charge is 0.481 e. The van der Waals surface area contributed by atoms with E-state index < -0.39 is 23.5 Å². The highest BCUT2D eigenvalue weighted by atomic mass is 16.6. The quantitative estimate of drug-likeness (QED) is 0.567. The number of likely N-dealkylation sites (tertiary alicyclic amines) is 2. The number of hydrogen-bond donors (Lipinski definition) is 2. The van der Waals surface area contributed by atoms with Crippen LogP contribution in [0.2, 0.25) is 0 Å². The predicted molar refractivity (Wildman–Crippen MR) is 138 cm³/mol. The minimum atomic E-state index is -1.08. The first-order valence-corrected chi connectivity index (χ1v) is 12.8. The van der Waals surface area contributed by atoms with Gasteiger partial charge in [0.25, 0.3) is 5.91 Å². The molecule has 9 heteroatoms. The lowest BCUT2D eigenvalue weighted by atomic mass is 9.88. The Morgan fingerprint density at radius 3 is 2.46 bits per heavy atom. The number of carboxylic acids is 1. The van der Waals surface area contributed by atoms with E-state index in [0.29, 0.717) is 38.0 Å². The predicted octanol–water partition coefficient (Wildman–Crippen LogP) is 3.25. The summed E-state index contributed by atoms with van der Waals surface area (Å²) in [7, 11) is 0. The van der Waals surface area contributed by atoms with Gasteiger partial charge in [0.1, 0.15) is 11.6 Å². The second kappa shape index (κ2) is 12.1. The fraction of sp³-hybridized carbons (Fsp3) is 0.571. The van der Waals surface area contributed by atoms with Gasteiger partial charge in [-0.25, -0.2) is 4.79 Å². The third kappa shape index (κ3) is 7.97. The Morgan fingerprint density at radius 2 is 1.84 bits per heavy atom. The minimum Gasteiger partial charge on any atom is -0.481 e. The Hall–Kier alpha value is -3.54. The molecule has 2 fully saturated rings. The van der Waals surface area contributed by atoms with E-state index in [1.165, 1.54) is 0 Å². The summed E-state index contributed by atoms with van der Waals surface area (Å²) < 4.78 is 5.48. The summed E-state index contributed by atoms with van der Waals surface area (Å²) in [5.41, 5.74) is 1.10. The number of carbonyl (C=O) groups is 4. The van der Waals surface area contributed by atoms with Crippen LogP contribution in [0.3, 0.4) is 0 Å². The molecule has 3 amide bonds. The molecule has 2 saturated heterocycles. The summed E-state index contributed by atoms with van der Waals surface area (Å²) in [6.07, 6.45) is 7.57. The zero-order valence-electron chi connectivity index (χ0n) is 21.9. The Morgan fingerprint density at radius 1 is 1.14 bits per heavy atom. The third-order valence-electron chi connectivity index (χ3n) is 6.73. The summed E-state index contributed by atoms with van der Waals surface area (Å²) in [6.45, 7) is 7.56. The van der Waals surface area contributed by atoms with Gasteiger partial charge < -0.3 is 25.0 Å². The van der Waals surface area contributed by atoms with Gasteiger partial charge in [0.15, 0.2) is 0 Å². The average molecular weight is 512 g/mol. The monoisotopic (exact) mass is 511 g/mol. The number of benzene rings is 1. The first-order valence-electron chi connectivity index (χ1n) is 12.8. The Balaban J connectivity index is 1.59. The van der Waals surface area contributed by atoms with Crippen molar-refractivity contribution in [2.24, 2.45) is 5.92 Å². The van der Waals surface area contributed by atoms with E-state index in [9.17, 15) is 19.2 Å². The van der Waals surface area contributed by atoms with Crippen molar-refractivity contribution in [3.8, 4) is 12.3 Å². The highest BCUT2D eigenvalue weighted by Crippen LogP contribution is 2.30. The van der Waals surface area contributed by atoms with Crippen LogP contribution in [0.25, 0.3) is 0 Å². The number of hydrogen-bond acceptors (Lipinski definition) is 5. The van der Waals surface area contributed by atoms with Crippen molar-refractivity contribution in [2.75, 3.05) is 26.2 Å². The van der Waals surface area contributed by atoms with Crippen molar-refractivity contribution < 1.29 is 29.0 Å². The van der Waals surface area contributed by atoms with Gasteiger partial charge in [-0.05, 0) is 70.1 Å². The molecule has 1 unspecified atom stereocenters. The first kappa shape index (κ1) is 28.0. The van der Waals surface area contributed by atoms with E-state index in [1.807, 2.05) is 39.0 Å². The van der Waals surface area contributed by atoms with Crippen molar-refractivity contribution in [3.05, 3.63) is 35.4 Å². The van der Waals surface area contributed by atoms with Gasteiger partial charge in [0.05, 0.1) is 12.3 Å². The Labute approximate surface area is 218 Å². The van der Waals surface area contributed by atoms with E-state index in [2.05, 4.69) is 11.2 Å². The van der Waals surface area contributed by atoms with Gasteiger partial charge in [-0.1, -0.05) is 18.1 Å². The van der Waals surface area contributed by atoms with Crippen LogP contribution in [0.4, 0.5) is 4.79 Å². The molecule has 2 aliphatic rings. The van der Waals surface area contributed by atoms with Crippen molar-refractivity contribution in [1.82, 2.24) is 15.1 Å². The molecule has 9 nitrogen and oxygen atoms in total. The van der Waals surface area contributed by atoms with Gasteiger partial charge in [0, 0.05) is 31.7 Å². The number of nitrogens with one attached hydrogen (secondary N) is 1. The zero-order chi connectivity index (χ0) is 27.2. The fourth-order valence-corrected chi connectivity index (χ4v) is 4.82. The highest BCUT2D eigenvalue weighted by molar-refractivity contribution is 5.95. The molecule has 0 saturated carbocycles. The second-order valence-corrected chi connectivity index (χ2v) is 10.8. The smallest absolute Gasteiger partial charge is 0.410 e. The van der Waals surface area contributed by atoms with E-state index in [4.69, 9.17) is 16.3 Å².